The molecule has 0 N–H and O–H groups in total. The number of hydrogen-bond acceptors (Lipinski definition) is 0. The van der Waals surface area contributed by atoms with E-state index in [1.54, 1.807) is 11.1 Å². The van der Waals surface area contributed by atoms with Gasteiger partial charge < -0.3 is 0 Å². The third kappa shape index (κ3) is 1.95. The van der Waals surface area contributed by atoms with E-state index in [9.17, 15) is 0 Å². The third-order valence-corrected chi connectivity index (χ3v) is 4.12. The highest BCUT2D eigenvalue weighted by molar-refractivity contribution is 5.30. The van der Waals surface area contributed by atoms with Crippen molar-refractivity contribution in [2.24, 2.45) is 17.8 Å². The summed E-state index contributed by atoms with van der Waals surface area (Å²) in [5.41, 5.74) is 4.56. The lowest BCUT2D eigenvalue weighted by Crippen LogP contribution is -2.29. The molecular formula is C15H22. The largest absolute Gasteiger partial charge is 0.0958 e. The highest BCUT2D eigenvalue weighted by Gasteiger charge is 2.34. The molecule has 2 aliphatic rings. The van der Waals surface area contributed by atoms with Gasteiger partial charge in [-0.05, 0) is 50.9 Å². The number of rotatable bonds is 0. The summed E-state index contributed by atoms with van der Waals surface area (Å²) in [5.74, 6) is 2.38. The molecule has 0 saturated heterocycles. The monoisotopic (exact) mass is 202 g/mol. The quantitative estimate of drug-likeness (QED) is 0.507. The Morgan fingerprint density at radius 1 is 1.40 bits per heavy atom. The molecule has 0 unspecified atom stereocenters. The van der Waals surface area contributed by atoms with Crippen LogP contribution < -0.4 is 0 Å². The van der Waals surface area contributed by atoms with Gasteiger partial charge in [-0.1, -0.05) is 42.4 Å². The molecule has 0 aromatic heterocycles. The zero-order chi connectivity index (χ0) is 11.0. The van der Waals surface area contributed by atoms with E-state index in [1.807, 2.05) is 0 Å². The van der Waals surface area contributed by atoms with Crippen molar-refractivity contribution in [1.82, 2.24) is 0 Å². The Morgan fingerprint density at radius 3 is 2.80 bits per heavy atom. The zero-order valence-corrected chi connectivity index (χ0v) is 10.2. The minimum absolute atomic E-state index is 0.760. The lowest BCUT2D eigenvalue weighted by atomic mass is 9.65. The molecule has 3 atom stereocenters. The molecule has 0 bridgehead atoms. The normalized spacial score (nSPS) is 35.3. The van der Waals surface area contributed by atoms with Gasteiger partial charge in [0.25, 0.3) is 0 Å². The van der Waals surface area contributed by atoms with E-state index in [4.69, 9.17) is 0 Å². The van der Waals surface area contributed by atoms with Crippen LogP contribution in [0.3, 0.4) is 0 Å². The van der Waals surface area contributed by atoms with Gasteiger partial charge in [0.05, 0.1) is 0 Å². The van der Waals surface area contributed by atoms with Gasteiger partial charge in [-0.3, -0.25) is 0 Å². The third-order valence-electron chi connectivity index (χ3n) is 4.12. The van der Waals surface area contributed by atoms with Gasteiger partial charge >= 0.3 is 0 Å². The molecule has 2 aliphatic carbocycles. The van der Waals surface area contributed by atoms with E-state index in [-0.39, 0.29) is 0 Å². The Kier molecular flexibility index (Phi) is 2.86. The lowest BCUT2D eigenvalue weighted by molar-refractivity contribution is 0.259. The summed E-state index contributed by atoms with van der Waals surface area (Å²) in [7, 11) is 0. The van der Waals surface area contributed by atoms with Gasteiger partial charge in [-0.25, -0.2) is 0 Å². The summed E-state index contributed by atoms with van der Waals surface area (Å²) in [6.07, 6.45) is 8.51. The van der Waals surface area contributed by atoms with Gasteiger partial charge in [0, 0.05) is 0 Å². The molecule has 2 rings (SSSR count). The molecule has 15 heavy (non-hydrogen) atoms. The number of fused-ring (bicyclic) bond motifs is 1. The van der Waals surface area contributed by atoms with Crippen LogP contribution in [0, 0.1) is 17.8 Å². The van der Waals surface area contributed by atoms with Crippen molar-refractivity contribution >= 4 is 0 Å². The van der Waals surface area contributed by atoms with Gasteiger partial charge in [-0.2, -0.15) is 0 Å². The first kappa shape index (κ1) is 10.7. The maximum atomic E-state index is 4.11. The average Bonchev–Trinajstić information content (AvgIpc) is 2.17. The fraction of sp³-hybridized carbons (Fsp3) is 0.600. The molecule has 0 heterocycles. The maximum Gasteiger partial charge on any atom is -0.00949 e. The molecule has 0 aromatic carbocycles. The average molecular weight is 202 g/mol. The van der Waals surface area contributed by atoms with Crippen LogP contribution in [0.4, 0.5) is 0 Å². The van der Waals surface area contributed by atoms with E-state index in [0.29, 0.717) is 0 Å². The van der Waals surface area contributed by atoms with Crippen molar-refractivity contribution < 1.29 is 0 Å². The minimum Gasteiger partial charge on any atom is -0.0958 e. The van der Waals surface area contributed by atoms with Crippen molar-refractivity contribution in [3.63, 3.8) is 0 Å². The van der Waals surface area contributed by atoms with E-state index in [2.05, 4.69) is 39.5 Å². The van der Waals surface area contributed by atoms with Crippen LogP contribution in [0.2, 0.25) is 0 Å². The summed E-state index contributed by atoms with van der Waals surface area (Å²) in [6.45, 7) is 11.0. The van der Waals surface area contributed by atoms with Crippen LogP contribution in [0.15, 0.2) is 35.5 Å². The molecule has 1 saturated carbocycles. The highest BCUT2D eigenvalue weighted by atomic mass is 14.4. The Bertz CT molecular complexity index is 326. The first-order chi connectivity index (χ1) is 7.09. The van der Waals surface area contributed by atoms with Gasteiger partial charge in [0.15, 0.2) is 0 Å². The Morgan fingerprint density at radius 2 is 2.13 bits per heavy atom. The van der Waals surface area contributed by atoms with Crippen molar-refractivity contribution in [3.8, 4) is 0 Å². The van der Waals surface area contributed by atoms with E-state index >= 15 is 0 Å². The molecule has 0 amide bonds. The zero-order valence-electron chi connectivity index (χ0n) is 10.2. The number of hydrogen-bond donors (Lipinski definition) is 0. The summed E-state index contributed by atoms with van der Waals surface area (Å²) < 4.78 is 0. The minimum atomic E-state index is 0.760. The molecular weight excluding hydrogens is 180 g/mol. The van der Waals surface area contributed by atoms with Crippen LogP contribution in [0.25, 0.3) is 0 Å². The predicted octanol–water partition coefficient (Wildman–Crippen LogP) is 4.50. The smallest absolute Gasteiger partial charge is 0.00949 e. The Balaban J connectivity index is 2.34. The van der Waals surface area contributed by atoms with E-state index < -0.39 is 0 Å². The fourth-order valence-electron chi connectivity index (χ4n) is 3.19. The Hall–Kier alpha value is -0.780. The summed E-state index contributed by atoms with van der Waals surface area (Å²) >= 11 is 0. The van der Waals surface area contributed by atoms with Crippen LogP contribution in [0.1, 0.15) is 40.0 Å². The molecule has 1 fully saturated rings. The fourth-order valence-corrected chi connectivity index (χ4v) is 3.19. The molecule has 0 nitrogen and oxygen atoms in total. The first-order valence-electron chi connectivity index (χ1n) is 6.12. The molecule has 0 aromatic rings. The highest BCUT2D eigenvalue weighted by Crippen LogP contribution is 2.45. The number of allylic oxidation sites excluding steroid dienone is 5. The lowest BCUT2D eigenvalue weighted by Gasteiger charge is -2.40. The van der Waals surface area contributed by atoms with Crippen LogP contribution >= 0.6 is 0 Å². The molecule has 0 heteroatoms. The summed E-state index contributed by atoms with van der Waals surface area (Å²) in [4.78, 5) is 0. The molecule has 82 valence electrons. The van der Waals surface area contributed by atoms with E-state index in [0.717, 1.165) is 17.8 Å². The SMILES string of the molecule is C=C1C=C[C@H]2[C@H](C)CCC(=C(C)C)[C@H]2C1. The second kappa shape index (κ2) is 4.00. The molecule has 0 radical (unpaired) electrons. The van der Waals surface area contributed by atoms with Gasteiger partial charge in [0.1, 0.15) is 0 Å². The van der Waals surface area contributed by atoms with Crippen LogP contribution in [-0.4, -0.2) is 0 Å². The molecule has 0 spiro atoms. The van der Waals surface area contributed by atoms with Crippen LogP contribution in [0.5, 0.6) is 0 Å². The second-order valence-corrected chi connectivity index (χ2v) is 5.45. The first-order valence-corrected chi connectivity index (χ1v) is 6.12. The van der Waals surface area contributed by atoms with Crippen molar-refractivity contribution in [2.75, 3.05) is 0 Å². The predicted molar refractivity (Wildman–Crippen MR) is 66.6 cm³/mol. The summed E-state index contributed by atoms with van der Waals surface area (Å²) in [6, 6.07) is 0. The second-order valence-electron chi connectivity index (χ2n) is 5.45. The topological polar surface area (TPSA) is 0 Å². The van der Waals surface area contributed by atoms with Crippen LogP contribution in [-0.2, 0) is 0 Å². The molecule has 0 aliphatic heterocycles. The van der Waals surface area contributed by atoms with Crippen molar-refractivity contribution in [2.45, 2.75) is 40.0 Å². The Labute approximate surface area is 93.8 Å². The van der Waals surface area contributed by atoms with Crippen molar-refractivity contribution in [3.05, 3.63) is 35.5 Å². The van der Waals surface area contributed by atoms with Crippen molar-refractivity contribution in [1.29, 1.82) is 0 Å². The maximum absolute atomic E-state index is 4.11. The van der Waals surface area contributed by atoms with Gasteiger partial charge in [0.2, 0.25) is 0 Å². The summed E-state index contributed by atoms with van der Waals surface area (Å²) in [5, 5.41) is 0. The van der Waals surface area contributed by atoms with Gasteiger partial charge in [-0.15, -0.1) is 0 Å². The standard InChI is InChI=1S/C15H22/c1-10(2)13-8-6-12(4)14-7-5-11(3)9-15(13)14/h5,7,12,14-15H,3,6,8-9H2,1-2,4H3/t12-,14+,15-/m1/s1. The van der Waals surface area contributed by atoms with E-state index in [1.165, 1.54) is 24.8 Å².